The Hall–Kier alpha value is -2.04. The zero-order chi connectivity index (χ0) is 14.7. The molecule has 1 atom stereocenters. The highest BCUT2D eigenvalue weighted by Gasteiger charge is 2.11. The van der Waals surface area contributed by atoms with E-state index in [0.29, 0.717) is 0 Å². The first kappa shape index (κ1) is 13.9. The summed E-state index contributed by atoms with van der Waals surface area (Å²) in [5, 5.41) is 3.10. The van der Waals surface area contributed by atoms with Gasteiger partial charge in [-0.1, -0.05) is 30.3 Å². The smallest absolute Gasteiger partial charge is 0.125 e. The summed E-state index contributed by atoms with van der Waals surface area (Å²) in [6.45, 7) is 2.08. The summed E-state index contributed by atoms with van der Waals surface area (Å²) in [5.41, 5.74) is 10.7. The van der Waals surface area contributed by atoms with E-state index in [1.807, 2.05) is 30.5 Å². The molecule has 2 N–H and O–H groups in total. The lowest BCUT2D eigenvalue weighted by Crippen LogP contribution is -2.13. The van der Waals surface area contributed by atoms with E-state index in [2.05, 4.69) is 29.4 Å². The normalized spacial score (nSPS) is 12.3. The number of aryl methyl sites for hydroxylation is 1. The fourth-order valence-electron chi connectivity index (χ4n) is 2.26. The van der Waals surface area contributed by atoms with Crippen molar-refractivity contribution < 1.29 is 0 Å². The Bertz CT molecular complexity index is 722. The van der Waals surface area contributed by atoms with Gasteiger partial charge in [0.05, 0.1) is 5.69 Å². The van der Waals surface area contributed by atoms with Crippen molar-refractivity contribution in [2.75, 3.05) is 0 Å². The van der Waals surface area contributed by atoms with Crippen molar-refractivity contribution in [1.29, 1.82) is 0 Å². The first-order valence-corrected chi connectivity index (χ1v) is 7.78. The largest absolute Gasteiger partial charge is 0.324 e. The quantitative estimate of drug-likeness (QED) is 0.797. The maximum atomic E-state index is 6.26. The molecule has 2 heterocycles. The molecule has 3 aromatic rings. The van der Waals surface area contributed by atoms with Gasteiger partial charge in [0.2, 0.25) is 0 Å². The highest BCUT2D eigenvalue weighted by Crippen LogP contribution is 2.27. The Kier molecular flexibility index (Phi) is 4.08. The zero-order valence-electron chi connectivity index (χ0n) is 11.9. The Balaban J connectivity index is 1.78. The second kappa shape index (κ2) is 6.16. The van der Waals surface area contributed by atoms with Gasteiger partial charge in [0, 0.05) is 35.8 Å². The monoisotopic (exact) mass is 295 g/mol. The molecule has 21 heavy (non-hydrogen) atoms. The average Bonchev–Trinajstić information content (AvgIpc) is 2.97. The van der Waals surface area contributed by atoms with Crippen molar-refractivity contribution in [3.8, 4) is 10.6 Å². The molecule has 0 saturated heterocycles. The predicted octanol–water partition coefficient (Wildman–Crippen LogP) is 3.76. The van der Waals surface area contributed by atoms with E-state index in [9.17, 15) is 0 Å². The highest BCUT2D eigenvalue weighted by molar-refractivity contribution is 7.13. The highest BCUT2D eigenvalue weighted by atomic mass is 32.1. The van der Waals surface area contributed by atoms with Crippen molar-refractivity contribution >= 4 is 11.3 Å². The topological polar surface area (TPSA) is 51.8 Å². The number of pyridine rings is 1. The van der Waals surface area contributed by atoms with Gasteiger partial charge in [0.15, 0.2) is 0 Å². The molecule has 1 aromatic carbocycles. The van der Waals surface area contributed by atoms with Gasteiger partial charge in [-0.3, -0.25) is 4.98 Å². The Labute approximate surface area is 128 Å². The molecule has 0 radical (unpaired) electrons. The number of benzene rings is 1. The SMILES string of the molecule is Cc1ccncc1-c1nc(CC(N)c2ccccc2)cs1. The van der Waals surface area contributed by atoms with Crippen molar-refractivity contribution in [1.82, 2.24) is 9.97 Å². The van der Waals surface area contributed by atoms with Gasteiger partial charge in [-0.15, -0.1) is 11.3 Å². The van der Waals surface area contributed by atoms with Crippen LogP contribution in [0, 0.1) is 6.92 Å². The molecule has 0 bridgehead atoms. The molecule has 0 amide bonds. The van der Waals surface area contributed by atoms with Crippen LogP contribution < -0.4 is 5.73 Å². The van der Waals surface area contributed by atoms with Crippen LogP contribution in [-0.2, 0) is 6.42 Å². The lowest BCUT2D eigenvalue weighted by Gasteiger charge is -2.09. The number of hydrogen-bond acceptors (Lipinski definition) is 4. The second-order valence-electron chi connectivity index (χ2n) is 5.06. The van der Waals surface area contributed by atoms with Gasteiger partial charge in [-0.2, -0.15) is 0 Å². The Morgan fingerprint density at radius 1 is 1.19 bits per heavy atom. The maximum Gasteiger partial charge on any atom is 0.125 e. The molecule has 3 nitrogen and oxygen atoms in total. The number of hydrogen-bond donors (Lipinski definition) is 1. The van der Waals surface area contributed by atoms with Gasteiger partial charge in [-0.05, 0) is 24.1 Å². The van der Waals surface area contributed by atoms with E-state index >= 15 is 0 Å². The van der Waals surface area contributed by atoms with E-state index in [-0.39, 0.29) is 6.04 Å². The summed E-state index contributed by atoms with van der Waals surface area (Å²) >= 11 is 1.65. The number of thiazole rings is 1. The number of rotatable bonds is 4. The third-order valence-electron chi connectivity index (χ3n) is 3.48. The van der Waals surface area contributed by atoms with Gasteiger partial charge in [0.1, 0.15) is 5.01 Å². The lowest BCUT2D eigenvalue weighted by atomic mass is 10.0. The van der Waals surface area contributed by atoms with E-state index in [1.165, 1.54) is 5.56 Å². The van der Waals surface area contributed by atoms with Crippen LogP contribution in [0.15, 0.2) is 54.2 Å². The molecule has 0 aliphatic heterocycles. The molecule has 3 rings (SSSR count). The van der Waals surface area contributed by atoms with Gasteiger partial charge in [-0.25, -0.2) is 4.98 Å². The molecule has 4 heteroatoms. The molecule has 0 saturated carbocycles. The summed E-state index contributed by atoms with van der Waals surface area (Å²) in [6, 6.07) is 12.1. The fraction of sp³-hybridized carbons (Fsp3) is 0.176. The van der Waals surface area contributed by atoms with Gasteiger partial charge in [0.25, 0.3) is 0 Å². The Morgan fingerprint density at radius 3 is 2.76 bits per heavy atom. The molecule has 0 spiro atoms. The molecule has 106 valence electrons. The van der Waals surface area contributed by atoms with Crippen LogP contribution in [0.2, 0.25) is 0 Å². The lowest BCUT2D eigenvalue weighted by molar-refractivity contribution is 0.710. The van der Waals surface area contributed by atoms with Crippen molar-refractivity contribution in [2.24, 2.45) is 5.73 Å². The van der Waals surface area contributed by atoms with Crippen molar-refractivity contribution in [3.05, 3.63) is 71.0 Å². The van der Waals surface area contributed by atoms with Crippen LogP contribution >= 0.6 is 11.3 Å². The van der Waals surface area contributed by atoms with E-state index in [1.54, 1.807) is 17.5 Å². The third-order valence-corrected chi connectivity index (χ3v) is 4.40. The van der Waals surface area contributed by atoms with Crippen LogP contribution in [0.5, 0.6) is 0 Å². The number of nitrogens with zero attached hydrogens (tertiary/aromatic N) is 2. The van der Waals surface area contributed by atoms with Crippen molar-refractivity contribution in [2.45, 2.75) is 19.4 Å². The standard InChI is InChI=1S/C17H17N3S/c1-12-7-8-19-10-15(12)17-20-14(11-21-17)9-16(18)13-5-3-2-4-6-13/h2-8,10-11,16H,9,18H2,1H3. The first-order valence-electron chi connectivity index (χ1n) is 6.90. The Morgan fingerprint density at radius 2 is 2.00 bits per heavy atom. The molecule has 1 unspecified atom stereocenters. The van der Waals surface area contributed by atoms with Gasteiger partial charge < -0.3 is 5.73 Å². The van der Waals surface area contributed by atoms with E-state index in [4.69, 9.17) is 10.7 Å². The molecule has 0 fully saturated rings. The predicted molar refractivity (Wildman–Crippen MR) is 87.2 cm³/mol. The minimum absolute atomic E-state index is 0.0175. The molecule has 0 aliphatic carbocycles. The summed E-state index contributed by atoms with van der Waals surface area (Å²) in [4.78, 5) is 8.89. The summed E-state index contributed by atoms with van der Waals surface area (Å²) in [7, 11) is 0. The van der Waals surface area contributed by atoms with Crippen LogP contribution in [0.3, 0.4) is 0 Å². The van der Waals surface area contributed by atoms with Crippen LogP contribution in [0.4, 0.5) is 0 Å². The number of aromatic nitrogens is 2. The zero-order valence-corrected chi connectivity index (χ0v) is 12.7. The third kappa shape index (κ3) is 3.17. The van der Waals surface area contributed by atoms with Crippen LogP contribution in [0.25, 0.3) is 10.6 Å². The van der Waals surface area contributed by atoms with E-state index < -0.39 is 0 Å². The van der Waals surface area contributed by atoms with Crippen LogP contribution in [-0.4, -0.2) is 9.97 Å². The van der Waals surface area contributed by atoms with Crippen LogP contribution in [0.1, 0.15) is 22.9 Å². The first-order chi connectivity index (χ1) is 10.2. The number of nitrogens with two attached hydrogens (primary N) is 1. The summed E-state index contributed by atoms with van der Waals surface area (Å²) in [5.74, 6) is 0. The van der Waals surface area contributed by atoms with Gasteiger partial charge >= 0.3 is 0 Å². The molecular weight excluding hydrogens is 278 g/mol. The minimum Gasteiger partial charge on any atom is -0.324 e. The average molecular weight is 295 g/mol. The minimum atomic E-state index is -0.0175. The maximum absolute atomic E-state index is 6.26. The van der Waals surface area contributed by atoms with E-state index in [0.717, 1.165) is 28.2 Å². The van der Waals surface area contributed by atoms with Crippen molar-refractivity contribution in [3.63, 3.8) is 0 Å². The molecular formula is C17H17N3S. The fourth-order valence-corrected chi connectivity index (χ4v) is 3.16. The summed E-state index contributed by atoms with van der Waals surface area (Å²) < 4.78 is 0. The summed E-state index contributed by atoms with van der Waals surface area (Å²) in [6.07, 6.45) is 4.42. The molecule has 2 aromatic heterocycles. The molecule has 0 aliphatic rings. The second-order valence-corrected chi connectivity index (χ2v) is 5.91.